The van der Waals surface area contributed by atoms with Crippen molar-refractivity contribution >= 4 is 5.69 Å². The Kier molecular flexibility index (Phi) is 3.84. The highest BCUT2D eigenvalue weighted by Crippen LogP contribution is 2.30. The van der Waals surface area contributed by atoms with Gasteiger partial charge in [0, 0.05) is 31.4 Å². The molecule has 2 N–H and O–H groups in total. The number of aromatic nitrogens is 1. The number of anilines is 1. The number of pyridine rings is 1. The molecule has 0 amide bonds. The summed E-state index contributed by atoms with van der Waals surface area (Å²) < 4.78 is 0. The molecule has 0 bridgehead atoms. The standard InChI is InChI=1S/C16H20N2O2/c1-5-12-14(19)9-15(20)17-16(12)11-6-7-13(18(3)4)10(2)8-11/h6-9H,5H2,1-4H3,(H2,17,19,20). The van der Waals surface area contributed by atoms with Crippen molar-refractivity contribution in [2.75, 3.05) is 19.0 Å². The second-order valence-electron chi connectivity index (χ2n) is 5.12. The molecule has 4 nitrogen and oxygen atoms in total. The lowest BCUT2D eigenvalue weighted by atomic mass is 10.0. The van der Waals surface area contributed by atoms with Gasteiger partial charge in [-0.2, -0.15) is 0 Å². The molecule has 4 heteroatoms. The molecule has 0 aliphatic rings. The van der Waals surface area contributed by atoms with Crippen molar-refractivity contribution < 1.29 is 5.11 Å². The van der Waals surface area contributed by atoms with Crippen LogP contribution in [-0.2, 0) is 6.42 Å². The summed E-state index contributed by atoms with van der Waals surface area (Å²) in [6, 6.07) is 7.24. The summed E-state index contributed by atoms with van der Waals surface area (Å²) in [5.41, 5.74) is 4.35. The van der Waals surface area contributed by atoms with E-state index >= 15 is 0 Å². The van der Waals surface area contributed by atoms with Crippen LogP contribution in [0.15, 0.2) is 29.1 Å². The Morgan fingerprint density at radius 1 is 1.25 bits per heavy atom. The summed E-state index contributed by atoms with van der Waals surface area (Å²) >= 11 is 0. The quantitative estimate of drug-likeness (QED) is 0.903. The summed E-state index contributed by atoms with van der Waals surface area (Å²) in [6.45, 7) is 3.99. The first-order valence-corrected chi connectivity index (χ1v) is 6.67. The average molecular weight is 272 g/mol. The molecular weight excluding hydrogens is 252 g/mol. The maximum absolute atomic E-state index is 11.6. The number of aromatic hydroxyl groups is 1. The molecule has 0 aliphatic heterocycles. The van der Waals surface area contributed by atoms with Crippen molar-refractivity contribution in [1.29, 1.82) is 0 Å². The number of H-pyrrole nitrogens is 1. The molecule has 0 saturated heterocycles. The maximum Gasteiger partial charge on any atom is 0.252 e. The summed E-state index contributed by atoms with van der Waals surface area (Å²) in [5.74, 6) is 0.0561. The second kappa shape index (κ2) is 5.41. The fraction of sp³-hybridized carbons (Fsp3) is 0.312. The lowest BCUT2D eigenvalue weighted by Gasteiger charge is -2.17. The van der Waals surface area contributed by atoms with E-state index in [4.69, 9.17) is 0 Å². The van der Waals surface area contributed by atoms with Crippen LogP contribution in [-0.4, -0.2) is 24.2 Å². The van der Waals surface area contributed by atoms with Gasteiger partial charge in [-0.25, -0.2) is 0 Å². The van der Waals surface area contributed by atoms with Gasteiger partial charge in [0.25, 0.3) is 5.56 Å². The van der Waals surface area contributed by atoms with E-state index < -0.39 is 0 Å². The topological polar surface area (TPSA) is 56.3 Å². The van der Waals surface area contributed by atoms with E-state index in [1.165, 1.54) is 6.07 Å². The molecule has 0 fully saturated rings. The fourth-order valence-electron chi connectivity index (χ4n) is 2.49. The third-order valence-corrected chi connectivity index (χ3v) is 3.45. The van der Waals surface area contributed by atoms with Crippen molar-refractivity contribution in [1.82, 2.24) is 4.98 Å². The molecule has 106 valence electrons. The number of aromatic amines is 1. The van der Waals surface area contributed by atoms with Gasteiger partial charge in [-0.3, -0.25) is 4.79 Å². The predicted octanol–water partition coefficient (Wildman–Crippen LogP) is 2.68. The molecule has 1 aromatic heterocycles. The van der Waals surface area contributed by atoms with Crippen molar-refractivity contribution in [3.05, 3.63) is 45.7 Å². The summed E-state index contributed by atoms with van der Waals surface area (Å²) in [7, 11) is 3.99. The largest absolute Gasteiger partial charge is 0.507 e. The van der Waals surface area contributed by atoms with Crippen LogP contribution in [0.4, 0.5) is 5.69 Å². The fourth-order valence-corrected chi connectivity index (χ4v) is 2.49. The Morgan fingerprint density at radius 3 is 2.50 bits per heavy atom. The molecular formula is C16H20N2O2. The molecule has 0 saturated carbocycles. The van der Waals surface area contributed by atoms with Crippen LogP contribution in [0, 0.1) is 6.92 Å². The van der Waals surface area contributed by atoms with Crippen molar-refractivity contribution in [2.45, 2.75) is 20.3 Å². The van der Waals surface area contributed by atoms with Crippen LogP contribution >= 0.6 is 0 Å². The minimum absolute atomic E-state index is 0.0561. The van der Waals surface area contributed by atoms with Crippen LogP contribution in [0.25, 0.3) is 11.3 Å². The molecule has 2 aromatic rings. The highest BCUT2D eigenvalue weighted by Gasteiger charge is 2.12. The molecule has 0 atom stereocenters. The smallest absolute Gasteiger partial charge is 0.252 e. The highest BCUT2D eigenvalue weighted by atomic mass is 16.3. The van der Waals surface area contributed by atoms with Gasteiger partial charge in [-0.1, -0.05) is 13.0 Å². The van der Waals surface area contributed by atoms with Crippen molar-refractivity contribution in [3.8, 4) is 17.0 Å². The van der Waals surface area contributed by atoms with Crippen LogP contribution in [0.5, 0.6) is 5.75 Å². The Balaban J connectivity index is 2.63. The summed E-state index contributed by atoms with van der Waals surface area (Å²) in [6.07, 6.45) is 0.659. The molecule has 1 aromatic carbocycles. The van der Waals surface area contributed by atoms with E-state index in [9.17, 15) is 9.90 Å². The number of aryl methyl sites for hydroxylation is 1. The number of nitrogens with one attached hydrogen (secondary N) is 1. The minimum Gasteiger partial charge on any atom is -0.507 e. The third kappa shape index (κ3) is 2.54. The Labute approximate surface area is 118 Å². The van der Waals surface area contributed by atoms with E-state index in [0.29, 0.717) is 12.1 Å². The Bertz CT molecular complexity index is 687. The van der Waals surface area contributed by atoms with Crippen LogP contribution < -0.4 is 10.5 Å². The van der Waals surface area contributed by atoms with Gasteiger partial charge in [0.15, 0.2) is 0 Å². The van der Waals surface area contributed by atoms with Crippen LogP contribution in [0.2, 0.25) is 0 Å². The number of benzene rings is 1. The SMILES string of the molecule is CCc1c(O)cc(=O)[nH]c1-c1ccc(N(C)C)c(C)c1. The number of rotatable bonds is 3. The number of hydrogen-bond acceptors (Lipinski definition) is 3. The first-order chi connectivity index (χ1) is 9.43. The van der Waals surface area contributed by atoms with Gasteiger partial charge in [0.05, 0.1) is 5.69 Å². The van der Waals surface area contributed by atoms with E-state index in [1.54, 1.807) is 0 Å². The van der Waals surface area contributed by atoms with Gasteiger partial charge in [-0.05, 0) is 36.6 Å². The number of nitrogens with zero attached hydrogens (tertiary/aromatic N) is 1. The normalized spacial score (nSPS) is 10.6. The monoisotopic (exact) mass is 272 g/mol. The molecule has 0 spiro atoms. The van der Waals surface area contributed by atoms with Crippen LogP contribution in [0.1, 0.15) is 18.1 Å². The lowest BCUT2D eigenvalue weighted by molar-refractivity contribution is 0.467. The molecule has 0 radical (unpaired) electrons. The molecule has 2 rings (SSSR count). The number of hydrogen-bond donors (Lipinski definition) is 2. The zero-order valence-corrected chi connectivity index (χ0v) is 12.3. The van der Waals surface area contributed by atoms with E-state index in [2.05, 4.69) is 4.98 Å². The second-order valence-corrected chi connectivity index (χ2v) is 5.12. The zero-order valence-electron chi connectivity index (χ0n) is 12.3. The summed E-state index contributed by atoms with van der Waals surface area (Å²) in [4.78, 5) is 16.5. The van der Waals surface area contributed by atoms with Gasteiger partial charge < -0.3 is 15.0 Å². The Hall–Kier alpha value is -2.23. The first kappa shape index (κ1) is 14.2. The van der Waals surface area contributed by atoms with Gasteiger partial charge in [-0.15, -0.1) is 0 Å². The summed E-state index contributed by atoms with van der Waals surface area (Å²) in [5, 5.41) is 9.92. The van der Waals surface area contributed by atoms with Gasteiger partial charge in [0.2, 0.25) is 0 Å². The first-order valence-electron chi connectivity index (χ1n) is 6.67. The molecule has 1 heterocycles. The van der Waals surface area contributed by atoms with Crippen molar-refractivity contribution in [2.24, 2.45) is 0 Å². The Morgan fingerprint density at radius 2 is 1.95 bits per heavy atom. The van der Waals surface area contributed by atoms with Gasteiger partial charge in [0.1, 0.15) is 5.75 Å². The average Bonchev–Trinajstić information content (AvgIpc) is 2.37. The predicted molar refractivity (Wildman–Crippen MR) is 82.6 cm³/mol. The molecule has 0 aliphatic carbocycles. The van der Waals surface area contributed by atoms with Crippen molar-refractivity contribution in [3.63, 3.8) is 0 Å². The third-order valence-electron chi connectivity index (χ3n) is 3.45. The van der Waals surface area contributed by atoms with E-state index in [0.717, 1.165) is 22.4 Å². The van der Waals surface area contributed by atoms with E-state index in [-0.39, 0.29) is 11.3 Å². The maximum atomic E-state index is 11.6. The van der Waals surface area contributed by atoms with Gasteiger partial charge >= 0.3 is 0 Å². The minimum atomic E-state index is -0.288. The van der Waals surface area contributed by atoms with E-state index in [1.807, 2.05) is 51.0 Å². The lowest BCUT2D eigenvalue weighted by Crippen LogP contribution is -2.11. The zero-order chi connectivity index (χ0) is 14.9. The molecule has 20 heavy (non-hydrogen) atoms. The van der Waals surface area contributed by atoms with Crippen LogP contribution in [0.3, 0.4) is 0 Å². The highest BCUT2D eigenvalue weighted by molar-refractivity contribution is 5.70. The molecule has 0 unspecified atom stereocenters.